The zero-order chi connectivity index (χ0) is 6.20. The Morgan fingerprint density at radius 1 is 1.62 bits per heavy atom. The van der Waals surface area contributed by atoms with Gasteiger partial charge in [-0.1, -0.05) is 0 Å². The van der Waals surface area contributed by atoms with E-state index in [9.17, 15) is 4.79 Å². The molecule has 0 aromatic heterocycles. The van der Waals surface area contributed by atoms with E-state index < -0.39 is 0 Å². The van der Waals surface area contributed by atoms with Gasteiger partial charge in [0, 0.05) is 6.42 Å². The lowest BCUT2D eigenvalue weighted by Gasteiger charge is -2.06. The molecule has 0 atom stereocenters. The van der Waals surface area contributed by atoms with Gasteiger partial charge in [0.1, 0.15) is 0 Å². The molecule has 0 radical (unpaired) electrons. The van der Waals surface area contributed by atoms with E-state index in [4.69, 9.17) is 0 Å². The van der Waals surface area contributed by atoms with E-state index in [2.05, 4.69) is 0 Å². The molecule has 1 amide bonds. The second-order valence-corrected chi connectivity index (χ2v) is 2.99. The molecule has 1 heterocycles. The smallest absolute Gasteiger partial charge is 0.283 e. The molecule has 0 spiro atoms. The van der Waals surface area contributed by atoms with Crippen LogP contribution in [0.15, 0.2) is 0 Å². The molecule has 8 heavy (non-hydrogen) atoms. The molecule has 46 valence electrons. The summed E-state index contributed by atoms with van der Waals surface area (Å²) in [7, 11) is 0. The van der Waals surface area contributed by atoms with Crippen LogP contribution < -0.4 is 5.32 Å². The molecule has 1 saturated heterocycles. The number of amides is 1. The minimum Gasteiger partial charge on any atom is -0.283 e. The van der Waals surface area contributed by atoms with E-state index in [1.54, 1.807) is 5.32 Å². The number of primary amides is 1. The predicted octanol–water partition coefficient (Wildman–Crippen LogP) is -0.494. The van der Waals surface area contributed by atoms with Gasteiger partial charge in [-0.3, -0.25) is 5.32 Å². The summed E-state index contributed by atoms with van der Waals surface area (Å²) >= 11 is 0. The quantitative estimate of drug-likeness (QED) is 0.453. The lowest BCUT2D eigenvalue weighted by atomic mass is 9.92. The summed E-state index contributed by atoms with van der Waals surface area (Å²) in [5, 5.41) is 1.79. The molecule has 0 saturated carbocycles. The minimum absolute atomic E-state index is 0.0417. The van der Waals surface area contributed by atoms with Crippen LogP contribution in [0.5, 0.6) is 0 Å². The van der Waals surface area contributed by atoms with Crippen LogP contribution in [0.4, 0.5) is 0 Å². The van der Waals surface area contributed by atoms with Crippen LogP contribution in [-0.4, -0.2) is 12.5 Å². The fraction of sp³-hybridized carbons (Fsp3) is 0.833. The van der Waals surface area contributed by atoms with Crippen molar-refractivity contribution in [2.45, 2.75) is 20.3 Å². The molecule has 0 bridgehead atoms. The Morgan fingerprint density at radius 2 is 2.25 bits per heavy atom. The Balaban J connectivity index is 2.68. The second-order valence-electron chi connectivity index (χ2n) is 2.99. The van der Waals surface area contributed by atoms with Gasteiger partial charge in [-0.25, -0.2) is 4.79 Å². The van der Waals surface area contributed by atoms with Crippen molar-refractivity contribution in [3.8, 4) is 0 Å². The molecule has 0 aromatic carbocycles. The van der Waals surface area contributed by atoms with Crippen molar-refractivity contribution in [2.24, 2.45) is 5.41 Å². The monoisotopic (exact) mass is 114 g/mol. The van der Waals surface area contributed by atoms with Gasteiger partial charge in [-0.2, -0.15) is 0 Å². The van der Waals surface area contributed by atoms with E-state index >= 15 is 0 Å². The standard InChI is InChI=1S/C6H11NO/c1-6(2)3-4-7-5(6)8/h3-4H2,1-2H3,(H,7,8)/p+1. The summed E-state index contributed by atoms with van der Waals surface area (Å²) < 4.78 is 0. The van der Waals surface area contributed by atoms with Crippen LogP contribution in [0, 0.1) is 5.41 Å². The average molecular weight is 114 g/mol. The predicted molar refractivity (Wildman–Crippen MR) is 30.2 cm³/mol. The molecule has 2 N–H and O–H groups in total. The van der Waals surface area contributed by atoms with E-state index in [1.165, 1.54) is 0 Å². The van der Waals surface area contributed by atoms with Crippen LogP contribution in [-0.2, 0) is 4.79 Å². The SMILES string of the molecule is CC1(C)CC[NH2+]C1=O. The fourth-order valence-corrected chi connectivity index (χ4v) is 0.964. The van der Waals surface area contributed by atoms with Crippen molar-refractivity contribution in [3.63, 3.8) is 0 Å². The molecule has 1 rings (SSSR count). The largest absolute Gasteiger partial charge is 0.316 e. The van der Waals surface area contributed by atoms with E-state index in [0.29, 0.717) is 5.91 Å². The van der Waals surface area contributed by atoms with Crippen molar-refractivity contribution in [2.75, 3.05) is 6.54 Å². The summed E-state index contributed by atoms with van der Waals surface area (Å²) in [6.07, 6.45) is 1.03. The number of carbonyl (C=O) groups excluding carboxylic acids is 1. The molecule has 1 aliphatic heterocycles. The van der Waals surface area contributed by atoms with Gasteiger partial charge in [-0.05, 0) is 13.8 Å². The summed E-state index contributed by atoms with van der Waals surface area (Å²) in [5.74, 6) is 0.317. The van der Waals surface area contributed by atoms with E-state index in [-0.39, 0.29) is 5.41 Å². The normalized spacial score (nSPS) is 26.5. The molecule has 1 fully saturated rings. The number of hydrogen-bond donors (Lipinski definition) is 1. The first-order valence-electron chi connectivity index (χ1n) is 3.00. The van der Waals surface area contributed by atoms with Gasteiger partial charge < -0.3 is 0 Å². The highest BCUT2D eigenvalue weighted by molar-refractivity contribution is 5.73. The Hall–Kier alpha value is -0.370. The lowest BCUT2D eigenvalue weighted by molar-refractivity contribution is -0.555. The highest BCUT2D eigenvalue weighted by atomic mass is 16.2. The highest BCUT2D eigenvalue weighted by Gasteiger charge is 2.36. The second kappa shape index (κ2) is 1.55. The number of nitrogens with two attached hydrogens (primary N) is 1. The summed E-state index contributed by atoms with van der Waals surface area (Å²) in [6.45, 7) is 4.98. The third-order valence-electron chi connectivity index (χ3n) is 1.77. The van der Waals surface area contributed by atoms with Gasteiger partial charge >= 0.3 is 5.91 Å². The zero-order valence-corrected chi connectivity index (χ0v) is 5.40. The fourth-order valence-electron chi connectivity index (χ4n) is 0.964. The number of rotatable bonds is 0. The highest BCUT2D eigenvalue weighted by Crippen LogP contribution is 2.19. The summed E-state index contributed by atoms with van der Waals surface area (Å²) in [4.78, 5) is 10.8. The van der Waals surface area contributed by atoms with Gasteiger partial charge in [0.15, 0.2) is 0 Å². The third-order valence-corrected chi connectivity index (χ3v) is 1.77. The maximum atomic E-state index is 10.8. The van der Waals surface area contributed by atoms with Crippen LogP contribution in [0.25, 0.3) is 0 Å². The Labute approximate surface area is 49.3 Å². The first kappa shape index (κ1) is 5.76. The number of quaternary nitrogens is 1. The molecular formula is C6H12NO+. The first-order valence-corrected chi connectivity index (χ1v) is 3.00. The van der Waals surface area contributed by atoms with Crippen LogP contribution in [0.1, 0.15) is 20.3 Å². The Kier molecular flexibility index (Phi) is 1.12. The maximum absolute atomic E-state index is 10.8. The molecule has 0 aliphatic carbocycles. The summed E-state index contributed by atoms with van der Waals surface area (Å²) in [5.41, 5.74) is -0.0417. The Morgan fingerprint density at radius 3 is 2.38 bits per heavy atom. The summed E-state index contributed by atoms with van der Waals surface area (Å²) in [6, 6.07) is 0. The molecule has 2 nitrogen and oxygen atoms in total. The van der Waals surface area contributed by atoms with E-state index in [1.807, 2.05) is 13.8 Å². The first-order chi connectivity index (χ1) is 3.63. The van der Waals surface area contributed by atoms with Crippen LogP contribution in [0.2, 0.25) is 0 Å². The zero-order valence-electron chi connectivity index (χ0n) is 5.40. The van der Waals surface area contributed by atoms with Gasteiger partial charge in [0.2, 0.25) is 0 Å². The van der Waals surface area contributed by atoms with Crippen molar-refractivity contribution in [1.29, 1.82) is 0 Å². The van der Waals surface area contributed by atoms with E-state index in [0.717, 1.165) is 13.0 Å². The number of hydrogen-bond acceptors (Lipinski definition) is 1. The Bertz CT molecular complexity index is 118. The van der Waals surface area contributed by atoms with Crippen molar-refractivity contribution in [1.82, 2.24) is 0 Å². The topological polar surface area (TPSA) is 33.7 Å². The van der Waals surface area contributed by atoms with Crippen LogP contribution >= 0.6 is 0 Å². The van der Waals surface area contributed by atoms with Crippen molar-refractivity contribution < 1.29 is 10.1 Å². The third kappa shape index (κ3) is 0.757. The molecule has 1 aliphatic rings. The van der Waals surface area contributed by atoms with Gasteiger partial charge in [0.05, 0.1) is 12.0 Å². The number of carbonyl (C=O) groups is 1. The lowest BCUT2D eigenvalue weighted by Crippen LogP contribution is -2.85. The molecule has 0 aromatic rings. The molecule has 2 heteroatoms. The van der Waals surface area contributed by atoms with Crippen molar-refractivity contribution in [3.05, 3.63) is 0 Å². The van der Waals surface area contributed by atoms with Crippen LogP contribution in [0.3, 0.4) is 0 Å². The minimum atomic E-state index is -0.0417. The molecular weight excluding hydrogens is 102 g/mol. The van der Waals surface area contributed by atoms with Crippen molar-refractivity contribution >= 4 is 5.91 Å². The van der Waals surface area contributed by atoms with Gasteiger partial charge in [0.25, 0.3) is 0 Å². The van der Waals surface area contributed by atoms with Gasteiger partial charge in [-0.15, -0.1) is 0 Å². The maximum Gasteiger partial charge on any atom is 0.316 e. The molecule has 0 unspecified atom stereocenters. The average Bonchev–Trinajstić information content (AvgIpc) is 1.86.